The van der Waals surface area contributed by atoms with Crippen molar-refractivity contribution in [1.82, 2.24) is 0 Å². The van der Waals surface area contributed by atoms with Gasteiger partial charge in [-0.15, -0.1) is 0 Å². The Morgan fingerprint density at radius 1 is 0.630 bits per heavy atom. The topological polar surface area (TPSA) is 27.7 Å². The van der Waals surface area contributed by atoms with Gasteiger partial charge in [-0.25, -0.2) is 0 Å². The molecule has 136 valence electrons. The highest BCUT2D eigenvalue weighted by atomic mass is 79.9. The zero-order valence-corrected chi connectivity index (χ0v) is 17.4. The van der Waals surface area contributed by atoms with E-state index in [1.54, 1.807) is 12.5 Å². The Hall–Kier alpha value is -2.08. The van der Waals surface area contributed by atoms with Crippen molar-refractivity contribution < 1.29 is 14.2 Å². The van der Waals surface area contributed by atoms with E-state index in [9.17, 15) is 0 Å². The molecule has 0 radical (unpaired) electrons. The van der Waals surface area contributed by atoms with Crippen molar-refractivity contribution in [1.29, 1.82) is 0 Å². The quantitative estimate of drug-likeness (QED) is 0.502. The molecule has 0 N–H and O–H groups in total. The molecule has 0 aromatic heterocycles. The fourth-order valence-corrected chi connectivity index (χ4v) is 4.02. The first kappa shape index (κ1) is 18.3. The smallest absolute Gasteiger partial charge is 0.231 e. The molecule has 3 nitrogen and oxygen atoms in total. The summed E-state index contributed by atoms with van der Waals surface area (Å²) in [5.41, 5.74) is 3.88. The number of halogens is 2. The van der Waals surface area contributed by atoms with Crippen molar-refractivity contribution >= 4 is 43.0 Å². The summed E-state index contributed by atoms with van der Waals surface area (Å²) in [6.45, 7) is 0. The van der Waals surface area contributed by atoms with Gasteiger partial charge in [0.05, 0.1) is 12.5 Å². The summed E-state index contributed by atoms with van der Waals surface area (Å²) in [4.78, 5) is 0. The molecular weight excluding hydrogens is 472 g/mol. The molecule has 0 amide bonds. The van der Waals surface area contributed by atoms with Crippen LogP contribution in [0.4, 0.5) is 0 Å². The Balaban J connectivity index is 1.66. The molecule has 4 rings (SSSR count). The third-order valence-electron chi connectivity index (χ3n) is 4.24. The van der Waals surface area contributed by atoms with Crippen LogP contribution in [0.2, 0.25) is 0 Å². The molecule has 0 aliphatic carbocycles. The summed E-state index contributed by atoms with van der Waals surface area (Å²) in [6, 6.07) is 20.0. The van der Waals surface area contributed by atoms with Crippen molar-refractivity contribution in [2.45, 2.75) is 12.6 Å². The van der Waals surface area contributed by atoms with Gasteiger partial charge in [0.2, 0.25) is 12.6 Å². The first-order chi connectivity index (χ1) is 13.2. The standard InChI is InChI=1S/C22H16Br2O3/c23-17-11-13-25-21(19(17)15-7-3-1-4-8-15)27-22-20(18(24)12-14-26-22)16-9-5-2-6-10-16/h1-14,21-22H. The molecule has 2 heterocycles. The Kier molecular flexibility index (Phi) is 5.62. The number of allylic oxidation sites excluding steroid dienone is 4. The van der Waals surface area contributed by atoms with Crippen LogP contribution < -0.4 is 0 Å². The van der Waals surface area contributed by atoms with Gasteiger partial charge in [-0.2, -0.15) is 0 Å². The van der Waals surface area contributed by atoms with Gasteiger partial charge in [-0.3, -0.25) is 4.74 Å². The monoisotopic (exact) mass is 486 g/mol. The molecule has 2 aromatic rings. The van der Waals surface area contributed by atoms with E-state index in [2.05, 4.69) is 31.9 Å². The molecule has 2 aliphatic rings. The third kappa shape index (κ3) is 3.95. The van der Waals surface area contributed by atoms with Crippen LogP contribution in [0.3, 0.4) is 0 Å². The highest BCUT2D eigenvalue weighted by Gasteiger charge is 2.31. The molecular formula is C22H16Br2O3. The normalized spacial score (nSPS) is 21.9. The molecule has 27 heavy (non-hydrogen) atoms. The molecule has 5 heteroatoms. The van der Waals surface area contributed by atoms with Gasteiger partial charge in [0.25, 0.3) is 0 Å². The van der Waals surface area contributed by atoms with Crippen LogP contribution in [-0.2, 0) is 14.2 Å². The molecule has 0 spiro atoms. The highest BCUT2D eigenvalue weighted by Crippen LogP contribution is 2.38. The van der Waals surface area contributed by atoms with Gasteiger partial charge in [0.15, 0.2) is 0 Å². The van der Waals surface area contributed by atoms with Crippen molar-refractivity contribution in [3.63, 3.8) is 0 Å². The predicted octanol–water partition coefficient (Wildman–Crippen LogP) is 6.36. The van der Waals surface area contributed by atoms with Crippen molar-refractivity contribution in [2.75, 3.05) is 0 Å². The highest BCUT2D eigenvalue weighted by molar-refractivity contribution is 9.12. The fraction of sp³-hybridized carbons (Fsp3) is 0.0909. The molecule has 2 unspecified atom stereocenters. The average molecular weight is 488 g/mol. The Morgan fingerprint density at radius 3 is 1.44 bits per heavy atom. The van der Waals surface area contributed by atoms with E-state index in [1.807, 2.05) is 72.8 Å². The first-order valence-corrected chi connectivity index (χ1v) is 10.0. The molecule has 0 bridgehead atoms. The van der Waals surface area contributed by atoms with Crippen LogP contribution in [0, 0.1) is 0 Å². The summed E-state index contributed by atoms with van der Waals surface area (Å²) in [7, 11) is 0. The van der Waals surface area contributed by atoms with E-state index < -0.39 is 12.6 Å². The van der Waals surface area contributed by atoms with E-state index in [0.29, 0.717) is 0 Å². The van der Waals surface area contributed by atoms with Gasteiger partial charge in [-0.05, 0) is 23.3 Å². The molecule has 0 saturated carbocycles. The minimum atomic E-state index is -0.609. The Labute approximate surface area is 174 Å². The maximum absolute atomic E-state index is 6.28. The van der Waals surface area contributed by atoms with E-state index in [1.165, 1.54) is 0 Å². The fourth-order valence-electron chi connectivity index (χ4n) is 2.98. The lowest BCUT2D eigenvalue weighted by atomic mass is 10.0. The van der Waals surface area contributed by atoms with Crippen molar-refractivity contribution in [3.05, 3.63) is 105 Å². The van der Waals surface area contributed by atoms with E-state index in [0.717, 1.165) is 31.2 Å². The summed E-state index contributed by atoms with van der Waals surface area (Å²) < 4.78 is 19.7. The number of hydrogen-bond acceptors (Lipinski definition) is 3. The van der Waals surface area contributed by atoms with Gasteiger partial charge >= 0.3 is 0 Å². The van der Waals surface area contributed by atoms with Crippen molar-refractivity contribution in [2.24, 2.45) is 0 Å². The third-order valence-corrected chi connectivity index (χ3v) is 5.62. The minimum Gasteiger partial charge on any atom is -0.468 e. The maximum Gasteiger partial charge on any atom is 0.231 e. The number of ether oxygens (including phenoxy) is 3. The molecule has 0 saturated heterocycles. The van der Waals surface area contributed by atoms with Crippen molar-refractivity contribution in [3.8, 4) is 0 Å². The summed E-state index contributed by atoms with van der Waals surface area (Å²) in [6.07, 6.45) is 5.77. The molecule has 2 aromatic carbocycles. The number of rotatable bonds is 4. The largest absolute Gasteiger partial charge is 0.468 e. The first-order valence-electron chi connectivity index (χ1n) is 8.43. The number of benzene rings is 2. The van der Waals surface area contributed by atoms with Crippen LogP contribution in [-0.4, -0.2) is 12.6 Å². The predicted molar refractivity (Wildman–Crippen MR) is 114 cm³/mol. The molecule has 2 atom stereocenters. The summed E-state index contributed by atoms with van der Waals surface area (Å²) in [5.74, 6) is 0. The second kappa shape index (κ2) is 8.30. The van der Waals surface area contributed by atoms with Crippen LogP contribution in [0.5, 0.6) is 0 Å². The van der Waals surface area contributed by atoms with Crippen LogP contribution in [0.15, 0.2) is 94.3 Å². The van der Waals surface area contributed by atoms with Gasteiger partial charge in [-0.1, -0.05) is 92.5 Å². The Bertz CT molecular complexity index is 853. The van der Waals surface area contributed by atoms with E-state index in [-0.39, 0.29) is 0 Å². The molecule has 2 aliphatic heterocycles. The second-order valence-corrected chi connectivity index (χ2v) is 7.64. The lowest BCUT2D eigenvalue weighted by molar-refractivity contribution is -0.162. The summed E-state index contributed by atoms with van der Waals surface area (Å²) >= 11 is 7.25. The second-order valence-electron chi connectivity index (χ2n) is 5.93. The van der Waals surface area contributed by atoms with Gasteiger partial charge < -0.3 is 9.47 Å². The van der Waals surface area contributed by atoms with Crippen LogP contribution in [0.1, 0.15) is 11.1 Å². The zero-order valence-electron chi connectivity index (χ0n) is 14.2. The lowest BCUT2D eigenvalue weighted by Crippen LogP contribution is -2.29. The van der Waals surface area contributed by atoms with Crippen LogP contribution >= 0.6 is 31.9 Å². The maximum atomic E-state index is 6.28. The lowest BCUT2D eigenvalue weighted by Gasteiger charge is -2.31. The Morgan fingerprint density at radius 2 is 1.04 bits per heavy atom. The SMILES string of the molecule is BrC1=C(c2ccccc2)C(OC2OC=CC(Br)=C2c2ccccc2)OC=C1. The van der Waals surface area contributed by atoms with Crippen LogP contribution in [0.25, 0.3) is 11.1 Å². The number of hydrogen-bond donors (Lipinski definition) is 0. The zero-order chi connectivity index (χ0) is 18.6. The van der Waals surface area contributed by atoms with Gasteiger partial charge in [0, 0.05) is 20.1 Å². The van der Waals surface area contributed by atoms with Gasteiger partial charge in [0.1, 0.15) is 0 Å². The molecule has 0 fully saturated rings. The summed E-state index contributed by atoms with van der Waals surface area (Å²) in [5, 5.41) is 0. The van der Waals surface area contributed by atoms with E-state index >= 15 is 0 Å². The van der Waals surface area contributed by atoms with E-state index in [4.69, 9.17) is 14.2 Å². The minimum absolute atomic E-state index is 0.609. The average Bonchev–Trinajstić information content (AvgIpc) is 2.70.